The number of carbonyl (C=O) groups is 1. The number of piperidine rings is 1. The molecule has 2 N–H and O–H groups in total. The molecule has 5 rings (SSSR count). The van der Waals surface area contributed by atoms with E-state index in [1.165, 1.54) is 11.1 Å². The summed E-state index contributed by atoms with van der Waals surface area (Å²) >= 11 is 0. The fraction of sp³-hybridized carbons (Fsp3) is 0.435. The van der Waals surface area contributed by atoms with E-state index in [9.17, 15) is 4.79 Å². The van der Waals surface area contributed by atoms with E-state index < -0.39 is 0 Å². The van der Waals surface area contributed by atoms with Gasteiger partial charge < -0.3 is 15.5 Å². The molecule has 0 unspecified atom stereocenters. The van der Waals surface area contributed by atoms with Crippen molar-refractivity contribution in [3.05, 3.63) is 53.0 Å². The normalized spacial score (nSPS) is 16.8. The van der Waals surface area contributed by atoms with Crippen LogP contribution in [0.2, 0.25) is 0 Å². The maximum Gasteiger partial charge on any atom is 0.276 e. The van der Waals surface area contributed by atoms with Gasteiger partial charge in [0.25, 0.3) is 5.91 Å². The van der Waals surface area contributed by atoms with Crippen LogP contribution in [-0.2, 0) is 13.0 Å². The summed E-state index contributed by atoms with van der Waals surface area (Å²) in [6, 6.07) is 7.87. The molecule has 0 saturated carbocycles. The van der Waals surface area contributed by atoms with Crippen LogP contribution in [0.3, 0.4) is 0 Å². The highest BCUT2D eigenvalue weighted by molar-refractivity contribution is 5.93. The molecule has 0 bridgehead atoms. The zero-order chi connectivity index (χ0) is 22.2. The maximum atomic E-state index is 13.1. The minimum Gasteiger partial charge on any atom is -0.384 e. The van der Waals surface area contributed by atoms with Crippen molar-refractivity contribution >= 4 is 17.7 Å². The van der Waals surface area contributed by atoms with Crippen LogP contribution in [0.15, 0.2) is 30.5 Å². The largest absolute Gasteiger partial charge is 0.384 e. The number of fused-ring (bicyclic) bond motifs is 1. The molecule has 0 spiro atoms. The van der Waals surface area contributed by atoms with Crippen molar-refractivity contribution in [3.8, 4) is 5.69 Å². The number of hydrogen-bond acceptors (Lipinski definition) is 7. The number of amides is 1. The molecule has 1 fully saturated rings. The second kappa shape index (κ2) is 8.22. The lowest BCUT2D eigenvalue weighted by Gasteiger charge is -2.30. The number of aromatic nitrogens is 5. The van der Waals surface area contributed by atoms with Gasteiger partial charge in [0.1, 0.15) is 5.82 Å². The molecular formula is C23H28N8O. The fourth-order valence-corrected chi connectivity index (χ4v) is 4.59. The second-order valence-corrected chi connectivity index (χ2v) is 8.78. The van der Waals surface area contributed by atoms with E-state index in [1.807, 2.05) is 28.6 Å². The molecule has 1 amide bonds. The summed E-state index contributed by atoms with van der Waals surface area (Å²) in [6.45, 7) is 7.21. The van der Waals surface area contributed by atoms with Crippen molar-refractivity contribution in [3.63, 3.8) is 0 Å². The summed E-state index contributed by atoms with van der Waals surface area (Å²) < 4.78 is 1.81. The molecule has 0 aliphatic carbocycles. The predicted molar refractivity (Wildman–Crippen MR) is 122 cm³/mol. The van der Waals surface area contributed by atoms with Crippen molar-refractivity contribution in [2.75, 3.05) is 30.3 Å². The number of benzene rings is 1. The molecule has 2 aromatic heterocycles. The van der Waals surface area contributed by atoms with Crippen LogP contribution in [0, 0.1) is 12.8 Å². The molecular weight excluding hydrogens is 404 g/mol. The van der Waals surface area contributed by atoms with E-state index in [4.69, 9.17) is 5.73 Å². The zero-order valence-electron chi connectivity index (χ0n) is 18.5. The highest BCUT2D eigenvalue weighted by atomic mass is 16.2. The van der Waals surface area contributed by atoms with E-state index in [0.717, 1.165) is 50.3 Å². The van der Waals surface area contributed by atoms with Crippen molar-refractivity contribution in [1.29, 1.82) is 0 Å². The first kappa shape index (κ1) is 20.4. The van der Waals surface area contributed by atoms with Crippen molar-refractivity contribution in [2.24, 2.45) is 5.92 Å². The van der Waals surface area contributed by atoms with Gasteiger partial charge in [-0.2, -0.15) is 4.98 Å². The summed E-state index contributed by atoms with van der Waals surface area (Å²) in [7, 11) is 0. The van der Waals surface area contributed by atoms with E-state index in [2.05, 4.69) is 38.2 Å². The summed E-state index contributed by atoms with van der Waals surface area (Å²) in [6.07, 6.45) is 4.58. The van der Waals surface area contributed by atoms with Crippen LogP contribution in [-0.4, -0.2) is 55.4 Å². The van der Waals surface area contributed by atoms with E-state index >= 15 is 0 Å². The van der Waals surface area contributed by atoms with Crippen LogP contribution >= 0.6 is 0 Å². The molecule has 32 heavy (non-hydrogen) atoms. The summed E-state index contributed by atoms with van der Waals surface area (Å²) in [5.74, 6) is 1.76. The lowest BCUT2D eigenvalue weighted by molar-refractivity contribution is 0.0690. The molecule has 166 valence electrons. The number of hydrogen-bond donors (Lipinski definition) is 1. The number of anilines is 2. The molecule has 9 nitrogen and oxygen atoms in total. The first-order chi connectivity index (χ1) is 15.5. The number of likely N-dealkylation sites (tertiary alicyclic amines) is 1. The van der Waals surface area contributed by atoms with Crippen molar-refractivity contribution in [2.45, 2.75) is 39.7 Å². The van der Waals surface area contributed by atoms with Gasteiger partial charge in [-0.25, -0.2) is 9.67 Å². The van der Waals surface area contributed by atoms with Crippen LogP contribution in [0.25, 0.3) is 5.69 Å². The van der Waals surface area contributed by atoms with E-state index in [0.29, 0.717) is 29.9 Å². The molecule has 0 radical (unpaired) electrons. The highest BCUT2D eigenvalue weighted by Crippen LogP contribution is 2.28. The topological polar surface area (TPSA) is 106 Å². The Labute approximate surface area is 187 Å². The van der Waals surface area contributed by atoms with Gasteiger partial charge in [0.05, 0.1) is 11.4 Å². The van der Waals surface area contributed by atoms with Gasteiger partial charge in [0.2, 0.25) is 5.95 Å². The standard InChI is InChI=1S/C23H28N8O/c1-15-7-11-29(12-8-15)22(32)21-16(2)31(28-27-21)19-5-3-4-17-14-30(13-9-18(17)19)23-25-10-6-20(24)26-23/h3-6,10,15H,7-9,11-14H2,1-2H3,(H2,24,25,26). The molecule has 1 aromatic carbocycles. The molecule has 0 atom stereocenters. The van der Waals surface area contributed by atoms with Gasteiger partial charge in [-0.3, -0.25) is 4.79 Å². The molecule has 2 aliphatic rings. The molecule has 2 aliphatic heterocycles. The smallest absolute Gasteiger partial charge is 0.276 e. The first-order valence-corrected chi connectivity index (χ1v) is 11.2. The number of nitrogens with zero attached hydrogens (tertiary/aromatic N) is 7. The molecule has 3 aromatic rings. The average Bonchev–Trinajstić information content (AvgIpc) is 3.19. The Morgan fingerprint density at radius 3 is 2.75 bits per heavy atom. The summed E-state index contributed by atoms with van der Waals surface area (Å²) in [5, 5.41) is 8.66. The SMILES string of the molecule is Cc1c(C(=O)N2CCC(C)CC2)nnn1-c1cccc2c1CCN(c1nccc(N)n1)C2. The third kappa shape index (κ3) is 3.68. The Bertz CT molecular complexity index is 1150. The second-order valence-electron chi connectivity index (χ2n) is 8.78. The van der Waals surface area contributed by atoms with Gasteiger partial charge in [0, 0.05) is 32.4 Å². The Morgan fingerprint density at radius 1 is 1.16 bits per heavy atom. The average molecular weight is 433 g/mol. The van der Waals surface area contributed by atoms with Crippen molar-refractivity contribution in [1.82, 2.24) is 29.9 Å². The van der Waals surface area contributed by atoms with Crippen LogP contribution in [0.4, 0.5) is 11.8 Å². The highest BCUT2D eigenvalue weighted by Gasteiger charge is 2.28. The number of rotatable bonds is 3. The Balaban J connectivity index is 1.41. The third-order valence-corrected chi connectivity index (χ3v) is 6.58. The fourth-order valence-electron chi connectivity index (χ4n) is 4.59. The van der Waals surface area contributed by atoms with E-state index in [1.54, 1.807) is 12.3 Å². The quantitative estimate of drug-likeness (QED) is 0.677. The van der Waals surface area contributed by atoms with E-state index in [-0.39, 0.29) is 5.91 Å². The summed E-state index contributed by atoms with van der Waals surface area (Å²) in [5.41, 5.74) is 10.4. The lowest BCUT2D eigenvalue weighted by atomic mass is 9.97. The first-order valence-electron chi connectivity index (χ1n) is 11.2. The monoisotopic (exact) mass is 432 g/mol. The Morgan fingerprint density at radius 2 is 1.97 bits per heavy atom. The minimum absolute atomic E-state index is 0.0181. The van der Waals surface area contributed by atoms with Crippen LogP contribution < -0.4 is 10.6 Å². The molecule has 9 heteroatoms. The lowest BCUT2D eigenvalue weighted by Crippen LogP contribution is -2.38. The Hall–Kier alpha value is -3.49. The number of nitrogen functional groups attached to an aromatic ring is 1. The predicted octanol–water partition coefficient (Wildman–Crippen LogP) is 2.38. The number of nitrogens with two attached hydrogens (primary N) is 1. The van der Waals surface area contributed by atoms with Gasteiger partial charge in [-0.1, -0.05) is 24.3 Å². The zero-order valence-corrected chi connectivity index (χ0v) is 18.5. The van der Waals surface area contributed by atoms with Gasteiger partial charge in [-0.05, 0) is 55.4 Å². The molecule has 4 heterocycles. The number of carbonyl (C=O) groups excluding carboxylic acids is 1. The molecule has 1 saturated heterocycles. The van der Waals surface area contributed by atoms with Gasteiger partial charge in [-0.15, -0.1) is 5.10 Å². The third-order valence-electron chi connectivity index (χ3n) is 6.58. The summed E-state index contributed by atoms with van der Waals surface area (Å²) in [4.78, 5) is 25.8. The minimum atomic E-state index is -0.0181. The van der Waals surface area contributed by atoms with Crippen LogP contribution in [0.5, 0.6) is 0 Å². The van der Waals surface area contributed by atoms with Gasteiger partial charge >= 0.3 is 0 Å². The van der Waals surface area contributed by atoms with Crippen molar-refractivity contribution < 1.29 is 4.79 Å². The maximum absolute atomic E-state index is 13.1. The Kier molecular flexibility index (Phi) is 5.24. The van der Waals surface area contributed by atoms with Crippen LogP contribution in [0.1, 0.15) is 47.1 Å². The van der Waals surface area contributed by atoms with Gasteiger partial charge in [0.15, 0.2) is 5.69 Å².